The Bertz CT molecular complexity index is 450. The van der Waals surface area contributed by atoms with Gasteiger partial charge in [0, 0.05) is 0 Å². The van der Waals surface area contributed by atoms with E-state index in [1.165, 1.54) is 15.9 Å². The van der Waals surface area contributed by atoms with E-state index in [0.29, 0.717) is 3.95 Å². The van der Waals surface area contributed by atoms with E-state index in [0.717, 1.165) is 24.1 Å². The Morgan fingerprint density at radius 1 is 1.53 bits per heavy atom. The van der Waals surface area contributed by atoms with Gasteiger partial charge in [-0.3, -0.25) is 9.36 Å². The van der Waals surface area contributed by atoms with E-state index < -0.39 is 5.97 Å². The number of nitrogens with zero attached hydrogens (tertiary/aromatic N) is 1. The number of thiazole rings is 1. The summed E-state index contributed by atoms with van der Waals surface area (Å²) in [6, 6.07) is 0. The van der Waals surface area contributed by atoms with Crippen LogP contribution in [-0.2, 0) is 11.3 Å². The Hall–Kier alpha value is -0.880. The van der Waals surface area contributed by atoms with Crippen molar-refractivity contribution in [2.24, 2.45) is 0 Å². The molecule has 2 N–H and O–H groups in total. The number of carboxylic acids is 1. The molecule has 0 amide bonds. The predicted molar refractivity (Wildman–Crippen MR) is 70.4 cm³/mol. The Morgan fingerprint density at radius 3 is 2.65 bits per heavy atom. The van der Waals surface area contributed by atoms with Gasteiger partial charge in [-0.2, -0.15) is 0 Å². The van der Waals surface area contributed by atoms with Crippen LogP contribution < -0.4 is 0 Å². The number of rotatable bonds is 6. The molecule has 0 saturated heterocycles. The molecule has 17 heavy (non-hydrogen) atoms. The van der Waals surface area contributed by atoms with Crippen LogP contribution in [0, 0.1) is 3.95 Å². The second-order valence-corrected chi connectivity index (χ2v) is 5.61. The van der Waals surface area contributed by atoms with Crippen LogP contribution >= 0.6 is 23.6 Å². The van der Waals surface area contributed by atoms with Crippen LogP contribution in [0.1, 0.15) is 43.9 Å². The minimum Gasteiger partial charge on any atom is -0.494 e. The largest absolute Gasteiger partial charge is 0.494 e. The summed E-state index contributed by atoms with van der Waals surface area (Å²) in [4.78, 5) is 11.5. The third-order valence-corrected chi connectivity index (χ3v) is 4.29. The molecule has 6 heteroatoms. The fourth-order valence-corrected chi connectivity index (χ4v) is 3.35. The van der Waals surface area contributed by atoms with Crippen molar-refractivity contribution in [3.63, 3.8) is 0 Å². The van der Waals surface area contributed by atoms with E-state index in [4.69, 9.17) is 17.3 Å². The van der Waals surface area contributed by atoms with Gasteiger partial charge in [0.1, 0.15) is 6.54 Å². The summed E-state index contributed by atoms with van der Waals surface area (Å²) in [5, 5.41) is 18.8. The minimum absolute atomic E-state index is 0.0303. The van der Waals surface area contributed by atoms with Crippen LogP contribution in [0.15, 0.2) is 0 Å². The first-order chi connectivity index (χ1) is 8.01. The van der Waals surface area contributed by atoms with Crippen LogP contribution in [0.5, 0.6) is 5.88 Å². The van der Waals surface area contributed by atoms with Crippen LogP contribution in [0.25, 0.3) is 0 Å². The highest BCUT2D eigenvalue weighted by Gasteiger charge is 2.20. The van der Waals surface area contributed by atoms with E-state index >= 15 is 0 Å². The topological polar surface area (TPSA) is 62.5 Å². The van der Waals surface area contributed by atoms with Crippen LogP contribution in [0.3, 0.4) is 0 Å². The van der Waals surface area contributed by atoms with Gasteiger partial charge < -0.3 is 10.2 Å². The monoisotopic (exact) mass is 275 g/mol. The molecule has 1 rings (SSSR count). The molecule has 1 aromatic rings. The van der Waals surface area contributed by atoms with E-state index in [-0.39, 0.29) is 18.3 Å². The highest BCUT2D eigenvalue weighted by Crippen LogP contribution is 2.37. The number of hydrogen-bond donors (Lipinski definition) is 2. The summed E-state index contributed by atoms with van der Waals surface area (Å²) in [7, 11) is 0. The standard InChI is InChI=1S/C11H17NO3S2/c1-3-5-7(4-2)9-10(15)12(6-8(13)14)11(16)17-9/h7,15H,3-6H2,1-2H3,(H,13,14). The molecule has 0 radical (unpaired) electrons. The first-order valence-electron chi connectivity index (χ1n) is 5.65. The van der Waals surface area contributed by atoms with Crippen molar-refractivity contribution >= 4 is 29.5 Å². The number of hydrogen-bond acceptors (Lipinski definition) is 4. The molecule has 0 spiro atoms. The average Bonchev–Trinajstić information content (AvgIpc) is 2.53. The van der Waals surface area contributed by atoms with Gasteiger partial charge in [0.25, 0.3) is 0 Å². The molecule has 0 bridgehead atoms. The van der Waals surface area contributed by atoms with Crippen molar-refractivity contribution in [1.29, 1.82) is 0 Å². The van der Waals surface area contributed by atoms with Gasteiger partial charge in [0.15, 0.2) is 3.95 Å². The Balaban J connectivity index is 3.10. The zero-order valence-electron chi connectivity index (χ0n) is 9.97. The van der Waals surface area contributed by atoms with E-state index in [1.807, 2.05) is 0 Å². The molecule has 1 atom stereocenters. The molecule has 0 fully saturated rings. The van der Waals surface area contributed by atoms with Crippen molar-refractivity contribution in [1.82, 2.24) is 4.57 Å². The second kappa shape index (κ2) is 6.16. The maximum absolute atomic E-state index is 10.7. The Kier molecular flexibility index (Phi) is 5.14. The summed E-state index contributed by atoms with van der Waals surface area (Å²) in [5.41, 5.74) is 0. The number of aromatic hydroxyl groups is 1. The van der Waals surface area contributed by atoms with Crippen molar-refractivity contribution in [3.8, 4) is 5.88 Å². The molecule has 0 aliphatic carbocycles. The van der Waals surface area contributed by atoms with Gasteiger partial charge in [-0.25, -0.2) is 0 Å². The van der Waals surface area contributed by atoms with Gasteiger partial charge in [0.2, 0.25) is 5.88 Å². The van der Waals surface area contributed by atoms with Crippen LogP contribution in [0.2, 0.25) is 0 Å². The van der Waals surface area contributed by atoms with Gasteiger partial charge >= 0.3 is 5.97 Å². The molecule has 1 aromatic heterocycles. The lowest BCUT2D eigenvalue weighted by atomic mass is 9.99. The quantitative estimate of drug-likeness (QED) is 0.781. The molecule has 0 saturated carbocycles. The number of aromatic nitrogens is 1. The molecule has 0 aliphatic rings. The summed E-state index contributed by atoms with van der Waals surface area (Å²) < 4.78 is 1.71. The first-order valence-corrected chi connectivity index (χ1v) is 6.87. The van der Waals surface area contributed by atoms with E-state index in [1.54, 1.807) is 0 Å². The van der Waals surface area contributed by atoms with Crippen LogP contribution in [-0.4, -0.2) is 20.7 Å². The summed E-state index contributed by atoms with van der Waals surface area (Å²) >= 11 is 6.41. The molecule has 4 nitrogen and oxygen atoms in total. The lowest BCUT2D eigenvalue weighted by Gasteiger charge is -2.11. The zero-order chi connectivity index (χ0) is 13.0. The maximum Gasteiger partial charge on any atom is 0.323 e. The molecular weight excluding hydrogens is 258 g/mol. The highest BCUT2D eigenvalue weighted by atomic mass is 32.1. The molecule has 0 aromatic carbocycles. The van der Waals surface area contributed by atoms with Crippen molar-refractivity contribution in [2.45, 2.75) is 45.6 Å². The van der Waals surface area contributed by atoms with Gasteiger partial charge in [0.05, 0.1) is 4.88 Å². The maximum atomic E-state index is 10.7. The molecule has 1 unspecified atom stereocenters. The van der Waals surface area contributed by atoms with Crippen molar-refractivity contribution in [2.75, 3.05) is 0 Å². The Labute approximate surface area is 110 Å². The summed E-state index contributed by atoms with van der Waals surface area (Å²) in [6.45, 7) is 3.88. The summed E-state index contributed by atoms with van der Waals surface area (Å²) in [6.07, 6.45) is 2.93. The number of carboxylic acid groups (broad SMARTS) is 1. The third-order valence-electron chi connectivity index (χ3n) is 2.69. The lowest BCUT2D eigenvalue weighted by molar-refractivity contribution is -0.137. The second-order valence-electron chi connectivity index (χ2n) is 3.93. The number of aliphatic carboxylic acids is 1. The first kappa shape index (κ1) is 14.2. The van der Waals surface area contributed by atoms with Gasteiger partial charge in [-0.05, 0) is 31.0 Å². The fraction of sp³-hybridized carbons (Fsp3) is 0.636. The predicted octanol–water partition coefficient (Wildman–Crippen LogP) is 3.36. The third kappa shape index (κ3) is 3.29. The molecule has 0 aliphatic heterocycles. The molecular formula is C11H17NO3S2. The minimum atomic E-state index is -0.996. The van der Waals surface area contributed by atoms with Crippen molar-refractivity contribution in [3.05, 3.63) is 8.83 Å². The lowest BCUT2D eigenvalue weighted by Crippen LogP contribution is -2.08. The van der Waals surface area contributed by atoms with E-state index in [2.05, 4.69) is 13.8 Å². The summed E-state index contributed by atoms with van der Waals surface area (Å²) in [5.74, 6) is -0.700. The van der Waals surface area contributed by atoms with Gasteiger partial charge in [-0.15, -0.1) is 11.3 Å². The average molecular weight is 275 g/mol. The SMILES string of the molecule is CCCC(CC)c1sc(=S)n(CC(=O)O)c1O. The van der Waals surface area contributed by atoms with E-state index in [9.17, 15) is 9.90 Å². The fourth-order valence-electron chi connectivity index (χ4n) is 1.82. The highest BCUT2D eigenvalue weighted by molar-refractivity contribution is 7.73. The Morgan fingerprint density at radius 2 is 2.18 bits per heavy atom. The molecule has 96 valence electrons. The zero-order valence-corrected chi connectivity index (χ0v) is 11.6. The van der Waals surface area contributed by atoms with Crippen molar-refractivity contribution < 1.29 is 15.0 Å². The smallest absolute Gasteiger partial charge is 0.323 e. The van der Waals surface area contributed by atoms with Crippen LogP contribution in [0.4, 0.5) is 0 Å². The number of carbonyl (C=O) groups is 1. The normalized spacial score (nSPS) is 12.6. The van der Waals surface area contributed by atoms with Gasteiger partial charge in [-0.1, -0.05) is 20.3 Å². The molecule has 1 heterocycles.